The van der Waals surface area contributed by atoms with Crippen molar-refractivity contribution in [2.75, 3.05) is 23.8 Å². The number of pyridine rings is 1. The summed E-state index contributed by atoms with van der Waals surface area (Å²) in [7, 11) is 0. The van der Waals surface area contributed by atoms with E-state index in [0.717, 1.165) is 24.3 Å². The lowest BCUT2D eigenvalue weighted by atomic mass is 10.2. The van der Waals surface area contributed by atoms with E-state index in [1.54, 1.807) is 12.3 Å². The van der Waals surface area contributed by atoms with Gasteiger partial charge in [-0.2, -0.15) is 0 Å². The molecule has 3 rings (SSSR count). The SMILES string of the molecule is Nc1nc2cc(Cl)cnc2n1N1CCCCC1. The monoisotopic (exact) mass is 251 g/mol. The molecule has 17 heavy (non-hydrogen) atoms. The maximum Gasteiger partial charge on any atom is 0.222 e. The molecule has 0 radical (unpaired) electrons. The molecule has 2 aromatic heterocycles. The molecule has 6 heteroatoms. The predicted molar refractivity (Wildman–Crippen MR) is 68.8 cm³/mol. The number of anilines is 1. The molecule has 1 saturated heterocycles. The Morgan fingerprint density at radius 2 is 2.00 bits per heavy atom. The first kappa shape index (κ1) is 10.7. The van der Waals surface area contributed by atoms with E-state index in [1.807, 2.05) is 4.68 Å². The number of nitrogen functional groups attached to an aromatic ring is 1. The molecule has 0 bridgehead atoms. The molecule has 1 aliphatic rings. The van der Waals surface area contributed by atoms with Crippen LogP contribution < -0.4 is 10.7 Å². The molecule has 0 spiro atoms. The van der Waals surface area contributed by atoms with Crippen LogP contribution in [0.25, 0.3) is 11.2 Å². The molecule has 0 amide bonds. The van der Waals surface area contributed by atoms with Crippen molar-refractivity contribution in [1.29, 1.82) is 0 Å². The number of nitrogens with two attached hydrogens (primary N) is 1. The van der Waals surface area contributed by atoms with E-state index in [9.17, 15) is 0 Å². The summed E-state index contributed by atoms with van der Waals surface area (Å²) in [5.41, 5.74) is 7.50. The Labute approximate surface area is 104 Å². The van der Waals surface area contributed by atoms with Crippen molar-refractivity contribution in [1.82, 2.24) is 14.6 Å². The lowest BCUT2D eigenvalue weighted by Crippen LogP contribution is -2.39. The van der Waals surface area contributed by atoms with Gasteiger partial charge in [-0.15, -0.1) is 0 Å². The first-order valence-electron chi connectivity index (χ1n) is 5.80. The molecule has 0 aromatic carbocycles. The quantitative estimate of drug-likeness (QED) is 0.840. The average molecular weight is 252 g/mol. The molecule has 90 valence electrons. The van der Waals surface area contributed by atoms with E-state index >= 15 is 0 Å². The van der Waals surface area contributed by atoms with Gasteiger partial charge in [0.05, 0.1) is 5.02 Å². The van der Waals surface area contributed by atoms with Crippen LogP contribution >= 0.6 is 11.6 Å². The zero-order valence-electron chi connectivity index (χ0n) is 9.43. The van der Waals surface area contributed by atoms with Crippen molar-refractivity contribution in [3.05, 3.63) is 17.3 Å². The van der Waals surface area contributed by atoms with Gasteiger partial charge in [0.1, 0.15) is 5.52 Å². The Morgan fingerprint density at radius 1 is 1.24 bits per heavy atom. The van der Waals surface area contributed by atoms with Crippen LogP contribution in [-0.2, 0) is 0 Å². The van der Waals surface area contributed by atoms with Gasteiger partial charge in [-0.25, -0.2) is 14.6 Å². The van der Waals surface area contributed by atoms with Crippen LogP contribution in [0.15, 0.2) is 12.3 Å². The first-order chi connectivity index (χ1) is 8.25. The van der Waals surface area contributed by atoms with Crippen LogP contribution in [0.2, 0.25) is 5.02 Å². The summed E-state index contributed by atoms with van der Waals surface area (Å²) in [6.07, 6.45) is 5.28. The van der Waals surface area contributed by atoms with Gasteiger partial charge in [-0.05, 0) is 25.3 Å². The second-order valence-electron chi connectivity index (χ2n) is 4.29. The zero-order chi connectivity index (χ0) is 11.8. The van der Waals surface area contributed by atoms with Crippen LogP contribution in [0.3, 0.4) is 0 Å². The van der Waals surface area contributed by atoms with Gasteiger partial charge in [0.2, 0.25) is 5.95 Å². The maximum absolute atomic E-state index is 5.96. The summed E-state index contributed by atoms with van der Waals surface area (Å²) in [4.78, 5) is 8.62. The molecule has 1 fully saturated rings. The number of hydrogen-bond donors (Lipinski definition) is 1. The number of imidazole rings is 1. The fraction of sp³-hybridized carbons (Fsp3) is 0.455. The second kappa shape index (κ2) is 4.07. The van der Waals surface area contributed by atoms with Crippen molar-refractivity contribution in [2.45, 2.75) is 19.3 Å². The highest BCUT2D eigenvalue weighted by Gasteiger charge is 2.17. The summed E-state index contributed by atoms with van der Waals surface area (Å²) >= 11 is 5.90. The minimum absolute atomic E-state index is 0.483. The van der Waals surface area contributed by atoms with Gasteiger partial charge in [0, 0.05) is 19.3 Å². The van der Waals surface area contributed by atoms with Gasteiger partial charge in [0.15, 0.2) is 5.65 Å². The lowest BCUT2D eigenvalue weighted by molar-refractivity contribution is 0.488. The molecule has 0 saturated carbocycles. The topological polar surface area (TPSA) is 60.0 Å². The maximum atomic E-state index is 5.96. The molecule has 3 heterocycles. The molecule has 2 aromatic rings. The summed E-state index contributed by atoms with van der Waals surface area (Å²) < 4.78 is 1.91. The Balaban J connectivity index is 2.11. The second-order valence-corrected chi connectivity index (χ2v) is 4.73. The van der Waals surface area contributed by atoms with Crippen LogP contribution in [0.1, 0.15) is 19.3 Å². The fourth-order valence-electron chi connectivity index (χ4n) is 2.30. The van der Waals surface area contributed by atoms with Crippen LogP contribution in [0.4, 0.5) is 5.95 Å². The van der Waals surface area contributed by atoms with Crippen LogP contribution in [0.5, 0.6) is 0 Å². The molecule has 5 nitrogen and oxygen atoms in total. The average Bonchev–Trinajstić information content (AvgIpc) is 2.65. The molecule has 0 atom stereocenters. The Bertz CT molecular complexity index is 544. The summed E-state index contributed by atoms with van der Waals surface area (Å²) in [6.45, 7) is 2.00. The van der Waals surface area contributed by atoms with E-state index in [1.165, 1.54) is 19.3 Å². The van der Waals surface area contributed by atoms with E-state index in [0.29, 0.717) is 11.0 Å². The van der Waals surface area contributed by atoms with Crippen molar-refractivity contribution in [2.24, 2.45) is 0 Å². The molecule has 1 aliphatic heterocycles. The highest BCUT2D eigenvalue weighted by molar-refractivity contribution is 6.31. The molecular formula is C11H14ClN5. The Kier molecular flexibility index (Phi) is 2.55. The molecule has 0 unspecified atom stereocenters. The third-order valence-electron chi connectivity index (χ3n) is 3.08. The minimum Gasteiger partial charge on any atom is -0.368 e. The lowest BCUT2D eigenvalue weighted by Gasteiger charge is -2.29. The number of aromatic nitrogens is 3. The molecule has 0 aliphatic carbocycles. The van der Waals surface area contributed by atoms with Crippen molar-refractivity contribution in [3.8, 4) is 0 Å². The van der Waals surface area contributed by atoms with Crippen LogP contribution in [0, 0.1) is 0 Å². The third kappa shape index (κ3) is 1.80. The van der Waals surface area contributed by atoms with Crippen molar-refractivity contribution < 1.29 is 0 Å². The van der Waals surface area contributed by atoms with Crippen molar-refractivity contribution >= 4 is 28.7 Å². The molecular weight excluding hydrogens is 238 g/mol. The summed E-state index contributed by atoms with van der Waals surface area (Å²) in [5, 5.41) is 2.79. The number of rotatable bonds is 1. The fourth-order valence-corrected chi connectivity index (χ4v) is 2.45. The Hall–Kier alpha value is -1.49. The van der Waals surface area contributed by atoms with E-state index in [4.69, 9.17) is 17.3 Å². The van der Waals surface area contributed by atoms with Crippen LogP contribution in [-0.4, -0.2) is 27.7 Å². The number of fused-ring (bicyclic) bond motifs is 1. The standard InChI is InChI=1S/C11H14ClN5/c12-8-6-9-10(14-7-8)17(11(13)15-9)16-4-2-1-3-5-16/h6-7H,1-5H2,(H2,13,15). The van der Waals surface area contributed by atoms with Gasteiger partial charge in [0.25, 0.3) is 0 Å². The van der Waals surface area contributed by atoms with Gasteiger partial charge in [-0.3, -0.25) is 0 Å². The normalized spacial score (nSPS) is 16.6. The Morgan fingerprint density at radius 3 is 2.76 bits per heavy atom. The summed E-state index contributed by atoms with van der Waals surface area (Å²) in [5.74, 6) is 0.483. The number of hydrogen-bond acceptors (Lipinski definition) is 4. The van der Waals surface area contributed by atoms with E-state index in [2.05, 4.69) is 15.0 Å². The minimum atomic E-state index is 0.483. The van der Waals surface area contributed by atoms with Gasteiger partial charge < -0.3 is 10.7 Å². The highest BCUT2D eigenvalue weighted by Crippen LogP contribution is 2.21. The largest absolute Gasteiger partial charge is 0.368 e. The summed E-state index contributed by atoms with van der Waals surface area (Å²) in [6, 6.07) is 1.79. The number of halogens is 1. The van der Waals surface area contributed by atoms with Gasteiger partial charge >= 0.3 is 0 Å². The zero-order valence-corrected chi connectivity index (χ0v) is 10.2. The predicted octanol–water partition coefficient (Wildman–Crippen LogP) is 1.79. The van der Waals surface area contributed by atoms with E-state index < -0.39 is 0 Å². The first-order valence-corrected chi connectivity index (χ1v) is 6.18. The third-order valence-corrected chi connectivity index (χ3v) is 3.29. The van der Waals surface area contributed by atoms with Crippen molar-refractivity contribution in [3.63, 3.8) is 0 Å². The highest BCUT2D eigenvalue weighted by atomic mass is 35.5. The number of piperidine rings is 1. The smallest absolute Gasteiger partial charge is 0.222 e. The molecule has 2 N–H and O–H groups in total. The van der Waals surface area contributed by atoms with E-state index in [-0.39, 0.29) is 0 Å². The van der Waals surface area contributed by atoms with Gasteiger partial charge in [-0.1, -0.05) is 11.6 Å². The number of nitrogens with zero attached hydrogens (tertiary/aromatic N) is 4.